The van der Waals surface area contributed by atoms with E-state index in [1.807, 2.05) is 48.9 Å². The van der Waals surface area contributed by atoms with Crippen LogP contribution in [0.2, 0.25) is 0 Å². The summed E-state index contributed by atoms with van der Waals surface area (Å²) in [5.41, 5.74) is 9.65. The maximum absolute atomic E-state index is 5.74. The van der Waals surface area contributed by atoms with Gasteiger partial charge in [-0.25, -0.2) is 4.68 Å². The van der Waals surface area contributed by atoms with Crippen molar-refractivity contribution in [3.8, 4) is 5.69 Å². The molecule has 0 spiro atoms. The number of fused-ring (bicyclic) bond motifs is 1. The number of hydrogen-bond acceptors (Lipinski definition) is 3. The minimum absolute atomic E-state index is 0.525. The van der Waals surface area contributed by atoms with Crippen LogP contribution in [0.4, 0.5) is 5.82 Å². The van der Waals surface area contributed by atoms with Gasteiger partial charge in [0.25, 0.3) is 0 Å². The Balaban J connectivity index is 2.35. The molecular formula is C14H14N4. The third-order valence-electron chi connectivity index (χ3n) is 2.97. The van der Waals surface area contributed by atoms with Crippen LogP contribution in [0.15, 0.2) is 36.4 Å². The van der Waals surface area contributed by atoms with Crippen LogP contribution in [-0.2, 0) is 0 Å². The smallest absolute Gasteiger partial charge is 0.146 e. The van der Waals surface area contributed by atoms with Gasteiger partial charge in [-0.3, -0.25) is 4.98 Å². The summed E-state index contributed by atoms with van der Waals surface area (Å²) in [5, 5.41) is 5.42. The highest BCUT2D eigenvalue weighted by atomic mass is 15.3. The van der Waals surface area contributed by atoms with Gasteiger partial charge >= 0.3 is 0 Å². The first-order valence-electron chi connectivity index (χ1n) is 5.84. The van der Waals surface area contributed by atoms with Crippen molar-refractivity contribution < 1.29 is 0 Å². The predicted octanol–water partition coefficient (Wildman–Crippen LogP) is 2.62. The molecule has 0 atom stereocenters. The number of nitrogens with zero attached hydrogens (tertiary/aromatic N) is 3. The number of nitrogen functional groups attached to an aromatic ring is 1. The van der Waals surface area contributed by atoms with E-state index in [9.17, 15) is 0 Å². The maximum Gasteiger partial charge on any atom is 0.146 e. The van der Waals surface area contributed by atoms with Crippen LogP contribution in [0.1, 0.15) is 11.4 Å². The van der Waals surface area contributed by atoms with Gasteiger partial charge < -0.3 is 5.73 Å². The van der Waals surface area contributed by atoms with E-state index in [1.165, 1.54) is 0 Å². The predicted molar refractivity (Wildman–Crippen MR) is 72.8 cm³/mol. The number of nitrogens with two attached hydrogens (primary N) is 1. The van der Waals surface area contributed by atoms with E-state index in [4.69, 9.17) is 5.73 Å². The molecule has 3 aromatic rings. The lowest BCUT2D eigenvalue weighted by molar-refractivity contribution is 0.855. The molecule has 0 radical (unpaired) electrons. The number of aromatic nitrogens is 3. The van der Waals surface area contributed by atoms with Gasteiger partial charge in [0, 0.05) is 22.8 Å². The van der Waals surface area contributed by atoms with E-state index in [1.54, 1.807) is 0 Å². The van der Waals surface area contributed by atoms with Crippen molar-refractivity contribution in [1.29, 1.82) is 0 Å². The zero-order valence-corrected chi connectivity index (χ0v) is 10.4. The highest BCUT2D eigenvalue weighted by Gasteiger charge is 2.08. The van der Waals surface area contributed by atoms with Gasteiger partial charge in [0.05, 0.1) is 11.2 Å². The SMILES string of the molecule is Cc1ccc2cccc(-n3nc(N)cc3C)c2n1. The van der Waals surface area contributed by atoms with E-state index >= 15 is 0 Å². The number of aryl methyl sites for hydroxylation is 2. The Hall–Kier alpha value is -2.36. The van der Waals surface area contributed by atoms with Crippen LogP contribution in [0, 0.1) is 13.8 Å². The second-order valence-corrected chi connectivity index (χ2v) is 4.42. The average Bonchev–Trinajstić information content (AvgIpc) is 2.67. The number of benzene rings is 1. The number of rotatable bonds is 1. The molecule has 2 aromatic heterocycles. The molecule has 90 valence electrons. The number of pyridine rings is 1. The fourth-order valence-electron chi connectivity index (χ4n) is 2.14. The molecule has 0 unspecified atom stereocenters. The Kier molecular flexibility index (Phi) is 2.30. The Morgan fingerprint density at radius 3 is 2.67 bits per heavy atom. The quantitative estimate of drug-likeness (QED) is 0.709. The lowest BCUT2D eigenvalue weighted by atomic mass is 10.1. The molecule has 3 rings (SSSR count). The summed E-state index contributed by atoms with van der Waals surface area (Å²) >= 11 is 0. The Morgan fingerprint density at radius 2 is 1.94 bits per heavy atom. The first kappa shape index (κ1) is 10.8. The second kappa shape index (κ2) is 3.84. The van der Waals surface area contributed by atoms with Gasteiger partial charge in [0.1, 0.15) is 5.82 Å². The molecular weight excluding hydrogens is 224 g/mol. The van der Waals surface area contributed by atoms with Crippen LogP contribution in [0.3, 0.4) is 0 Å². The third-order valence-corrected chi connectivity index (χ3v) is 2.97. The van der Waals surface area contributed by atoms with Crippen LogP contribution < -0.4 is 5.73 Å². The van der Waals surface area contributed by atoms with Gasteiger partial charge in [0.2, 0.25) is 0 Å². The van der Waals surface area contributed by atoms with E-state index in [0.717, 1.165) is 28.0 Å². The zero-order valence-electron chi connectivity index (χ0n) is 10.4. The van der Waals surface area contributed by atoms with Gasteiger partial charge in [-0.15, -0.1) is 0 Å². The molecule has 0 saturated carbocycles. The molecule has 1 aromatic carbocycles. The standard InChI is InChI=1S/C14H14N4/c1-9-6-7-11-4-3-5-12(14(11)16-9)18-10(2)8-13(15)17-18/h3-8H,1-2H3,(H2,15,17). The van der Waals surface area contributed by atoms with Gasteiger partial charge in [-0.2, -0.15) is 5.10 Å². The summed E-state index contributed by atoms with van der Waals surface area (Å²) in [6, 6.07) is 12.0. The first-order chi connectivity index (χ1) is 8.65. The number of hydrogen-bond donors (Lipinski definition) is 1. The fourth-order valence-corrected chi connectivity index (χ4v) is 2.14. The highest BCUT2D eigenvalue weighted by Crippen LogP contribution is 2.22. The summed E-state index contributed by atoms with van der Waals surface area (Å²) in [7, 11) is 0. The normalized spacial score (nSPS) is 11.0. The number of para-hydroxylation sites is 1. The molecule has 2 N–H and O–H groups in total. The summed E-state index contributed by atoms with van der Waals surface area (Å²) in [4.78, 5) is 4.60. The minimum atomic E-state index is 0.525. The number of anilines is 1. The van der Waals surface area contributed by atoms with Crippen molar-refractivity contribution in [2.24, 2.45) is 0 Å². The zero-order chi connectivity index (χ0) is 12.7. The van der Waals surface area contributed by atoms with Gasteiger partial charge in [-0.1, -0.05) is 18.2 Å². The molecule has 4 heteroatoms. The average molecular weight is 238 g/mol. The summed E-state index contributed by atoms with van der Waals surface area (Å²) < 4.78 is 1.84. The molecule has 0 fully saturated rings. The summed E-state index contributed by atoms with van der Waals surface area (Å²) in [5.74, 6) is 0.525. The molecule has 2 heterocycles. The van der Waals surface area contributed by atoms with Crippen molar-refractivity contribution >= 4 is 16.7 Å². The topological polar surface area (TPSA) is 56.7 Å². The Labute approximate surface area is 105 Å². The highest BCUT2D eigenvalue weighted by molar-refractivity contribution is 5.86. The summed E-state index contributed by atoms with van der Waals surface area (Å²) in [6.07, 6.45) is 0. The molecule has 0 aliphatic rings. The molecule has 0 bridgehead atoms. The van der Waals surface area contributed by atoms with Crippen molar-refractivity contribution in [3.05, 3.63) is 47.8 Å². The van der Waals surface area contributed by atoms with Crippen LogP contribution >= 0.6 is 0 Å². The van der Waals surface area contributed by atoms with Crippen LogP contribution in [0.5, 0.6) is 0 Å². The van der Waals surface area contributed by atoms with Crippen molar-refractivity contribution in [3.63, 3.8) is 0 Å². The first-order valence-corrected chi connectivity index (χ1v) is 5.84. The van der Waals surface area contributed by atoms with Crippen molar-refractivity contribution in [1.82, 2.24) is 14.8 Å². The van der Waals surface area contributed by atoms with E-state index in [-0.39, 0.29) is 0 Å². The molecule has 18 heavy (non-hydrogen) atoms. The van der Waals surface area contributed by atoms with Crippen molar-refractivity contribution in [2.75, 3.05) is 5.73 Å². The molecule has 0 amide bonds. The molecule has 0 aliphatic carbocycles. The Morgan fingerprint density at radius 1 is 1.11 bits per heavy atom. The van der Waals surface area contributed by atoms with Crippen LogP contribution in [-0.4, -0.2) is 14.8 Å². The minimum Gasteiger partial charge on any atom is -0.382 e. The Bertz CT molecular complexity index is 728. The largest absolute Gasteiger partial charge is 0.382 e. The maximum atomic E-state index is 5.74. The molecule has 0 saturated heterocycles. The van der Waals surface area contributed by atoms with Gasteiger partial charge in [0.15, 0.2) is 0 Å². The third kappa shape index (κ3) is 1.62. The fraction of sp³-hybridized carbons (Fsp3) is 0.143. The monoisotopic (exact) mass is 238 g/mol. The summed E-state index contributed by atoms with van der Waals surface area (Å²) in [6.45, 7) is 3.97. The molecule has 4 nitrogen and oxygen atoms in total. The lowest BCUT2D eigenvalue weighted by Gasteiger charge is -2.08. The van der Waals surface area contributed by atoms with E-state index in [2.05, 4.69) is 16.1 Å². The van der Waals surface area contributed by atoms with E-state index < -0.39 is 0 Å². The van der Waals surface area contributed by atoms with Gasteiger partial charge in [-0.05, 0) is 26.0 Å². The van der Waals surface area contributed by atoms with E-state index in [0.29, 0.717) is 5.82 Å². The second-order valence-electron chi connectivity index (χ2n) is 4.42. The van der Waals surface area contributed by atoms with Crippen LogP contribution in [0.25, 0.3) is 16.6 Å². The van der Waals surface area contributed by atoms with Crippen molar-refractivity contribution in [2.45, 2.75) is 13.8 Å². The molecule has 0 aliphatic heterocycles. The lowest BCUT2D eigenvalue weighted by Crippen LogP contribution is -2.01.